The number of nitrogens with zero attached hydrogens (tertiary/aromatic N) is 1. The SMILES string of the molecule is O=C1NC(=O)c2c1c1c3ccccc3[nH]c1c1c2c2ccccc2n1C1CC(O)C(O)CO1. The van der Waals surface area contributed by atoms with Crippen molar-refractivity contribution in [2.75, 3.05) is 6.61 Å². The van der Waals surface area contributed by atoms with Gasteiger partial charge in [0.05, 0.1) is 40.4 Å². The molecule has 3 atom stereocenters. The molecule has 8 heteroatoms. The van der Waals surface area contributed by atoms with E-state index in [4.69, 9.17) is 4.74 Å². The first-order chi connectivity index (χ1) is 16.0. The van der Waals surface area contributed by atoms with E-state index in [-0.39, 0.29) is 13.0 Å². The lowest BCUT2D eigenvalue weighted by Gasteiger charge is -2.32. The van der Waals surface area contributed by atoms with Crippen molar-refractivity contribution in [2.45, 2.75) is 24.9 Å². The van der Waals surface area contributed by atoms with Crippen LogP contribution in [0.1, 0.15) is 33.4 Å². The van der Waals surface area contributed by atoms with E-state index in [9.17, 15) is 19.8 Å². The molecule has 1 fully saturated rings. The molecule has 0 spiro atoms. The Morgan fingerprint density at radius 1 is 0.879 bits per heavy atom. The van der Waals surface area contributed by atoms with Crippen molar-refractivity contribution in [3.63, 3.8) is 0 Å². The van der Waals surface area contributed by atoms with Gasteiger partial charge in [-0.3, -0.25) is 14.9 Å². The number of hydrogen-bond donors (Lipinski definition) is 4. The number of aliphatic hydroxyl groups excluding tert-OH is 2. The topological polar surface area (TPSA) is 117 Å². The average Bonchev–Trinajstić information content (AvgIpc) is 3.45. The molecule has 5 aromatic rings. The number of H-pyrrole nitrogens is 1. The summed E-state index contributed by atoms with van der Waals surface area (Å²) in [6, 6.07) is 15.3. The number of fused-ring (bicyclic) bond motifs is 10. The Bertz CT molecular complexity index is 1660. The number of benzene rings is 3. The van der Waals surface area contributed by atoms with Crippen molar-refractivity contribution in [2.24, 2.45) is 0 Å². The van der Waals surface area contributed by atoms with Crippen LogP contribution in [-0.2, 0) is 4.74 Å². The lowest BCUT2D eigenvalue weighted by molar-refractivity contribution is -0.142. The second-order valence-corrected chi connectivity index (χ2v) is 8.72. The summed E-state index contributed by atoms with van der Waals surface area (Å²) in [5, 5.41) is 25.9. The van der Waals surface area contributed by atoms with E-state index in [2.05, 4.69) is 10.3 Å². The van der Waals surface area contributed by atoms with Gasteiger partial charge < -0.3 is 24.5 Å². The third-order valence-corrected chi connectivity index (χ3v) is 6.92. The number of carbonyl (C=O) groups excluding carboxylic acids is 2. The summed E-state index contributed by atoms with van der Waals surface area (Å²) in [7, 11) is 0. The second-order valence-electron chi connectivity index (χ2n) is 8.72. The summed E-state index contributed by atoms with van der Waals surface area (Å²) in [4.78, 5) is 29.5. The molecule has 2 aromatic heterocycles. The number of amides is 2. The Kier molecular flexibility index (Phi) is 3.66. The van der Waals surface area contributed by atoms with E-state index in [0.717, 1.165) is 32.8 Å². The minimum atomic E-state index is -0.949. The van der Waals surface area contributed by atoms with Crippen molar-refractivity contribution < 1.29 is 24.5 Å². The minimum Gasteiger partial charge on any atom is -0.390 e. The van der Waals surface area contributed by atoms with E-state index < -0.39 is 30.3 Å². The van der Waals surface area contributed by atoms with Crippen LogP contribution in [-0.4, -0.2) is 50.4 Å². The molecule has 3 aromatic carbocycles. The zero-order chi connectivity index (χ0) is 22.4. The third kappa shape index (κ3) is 2.34. The maximum Gasteiger partial charge on any atom is 0.259 e. The van der Waals surface area contributed by atoms with Gasteiger partial charge in [0.1, 0.15) is 12.3 Å². The molecule has 7 rings (SSSR count). The predicted octanol–water partition coefficient (Wildman–Crippen LogP) is 2.95. The zero-order valence-corrected chi connectivity index (χ0v) is 17.3. The highest BCUT2D eigenvalue weighted by Gasteiger charge is 2.38. The van der Waals surface area contributed by atoms with Crippen molar-refractivity contribution in [1.29, 1.82) is 0 Å². The van der Waals surface area contributed by atoms with Crippen molar-refractivity contribution in [3.8, 4) is 0 Å². The van der Waals surface area contributed by atoms with Gasteiger partial charge >= 0.3 is 0 Å². The summed E-state index contributed by atoms with van der Waals surface area (Å²) in [6.45, 7) is -0.000406. The number of aliphatic hydroxyl groups is 2. The number of carbonyl (C=O) groups is 2. The molecule has 4 heterocycles. The highest BCUT2D eigenvalue weighted by Crippen LogP contribution is 2.45. The van der Waals surface area contributed by atoms with Crippen LogP contribution in [0.4, 0.5) is 0 Å². The van der Waals surface area contributed by atoms with Crippen LogP contribution in [0.3, 0.4) is 0 Å². The predicted molar refractivity (Wildman–Crippen MR) is 122 cm³/mol. The van der Waals surface area contributed by atoms with Gasteiger partial charge in [-0.25, -0.2) is 0 Å². The fraction of sp³-hybridized carbons (Fsp3) is 0.200. The number of aromatic amines is 1. The summed E-state index contributed by atoms with van der Waals surface area (Å²) < 4.78 is 7.96. The summed E-state index contributed by atoms with van der Waals surface area (Å²) in [6.07, 6.45) is -2.25. The van der Waals surface area contributed by atoms with Gasteiger partial charge in [-0.2, -0.15) is 0 Å². The number of ether oxygens (including phenoxy) is 1. The monoisotopic (exact) mass is 441 g/mol. The molecule has 3 unspecified atom stereocenters. The lowest BCUT2D eigenvalue weighted by Crippen LogP contribution is -2.39. The Morgan fingerprint density at radius 3 is 2.36 bits per heavy atom. The molecule has 4 N–H and O–H groups in total. The van der Waals surface area contributed by atoms with Crippen LogP contribution in [0.2, 0.25) is 0 Å². The first-order valence-electron chi connectivity index (χ1n) is 10.9. The molecule has 0 saturated carbocycles. The Morgan fingerprint density at radius 2 is 1.58 bits per heavy atom. The normalized spacial score (nSPS) is 23.2. The van der Waals surface area contributed by atoms with Gasteiger partial charge in [-0.1, -0.05) is 36.4 Å². The zero-order valence-electron chi connectivity index (χ0n) is 17.3. The van der Waals surface area contributed by atoms with Gasteiger partial charge in [0.2, 0.25) is 0 Å². The van der Waals surface area contributed by atoms with Crippen molar-refractivity contribution >= 4 is 55.4 Å². The molecular weight excluding hydrogens is 422 g/mol. The first kappa shape index (κ1) is 18.8. The molecule has 2 aliphatic rings. The molecule has 1 saturated heterocycles. The summed E-state index contributed by atoms with van der Waals surface area (Å²) in [5.74, 6) is -0.828. The number of imide groups is 1. The van der Waals surface area contributed by atoms with Gasteiger partial charge in [-0.05, 0) is 12.1 Å². The molecule has 8 nitrogen and oxygen atoms in total. The molecule has 2 amide bonds. The number of aromatic nitrogens is 2. The second kappa shape index (κ2) is 6.41. The van der Waals surface area contributed by atoms with E-state index in [1.807, 2.05) is 53.1 Å². The highest BCUT2D eigenvalue weighted by molar-refractivity contribution is 6.39. The Labute approximate surface area is 186 Å². The van der Waals surface area contributed by atoms with Crippen LogP contribution in [0.25, 0.3) is 43.6 Å². The van der Waals surface area contributed by atoms with Gasteiger partial charge in [-0.15, -0.1) is 0 Å². The largest absolute Gasteiger partial charge is 0.390 e. The van der Waals surface area contributed by atoms with Crippen LogP contribution in [0.5, 0.6) is 0 Å². The third-order valence-electron chi connectivity index (χ3n) is 6.92. The highest BCUT2D eigenvalue weighted by atomic mass is 16.5. The lowest BCUT2D eigenvalue weighted by atomic mass is 9.96. The minimum absolute atomic E-state index is 0.000406. The molecule has 2 aliphatic heterocycles. The van der Waals surface area contributed by atoms with Gasteiger partial charge in [0.15, 0.2) is 0 Å². The van der Waals surface area contributed by atoms with E-state index in [0.29, 0.717) is 21.9 Å². The van der Waals surface area contributed by atoms with Crippen LogP contribution >= 0.6 is 0 Å². The quantitative estimate of drug-likeness (QED) is 0.299. The first-order valence-corrected chi connectivity index (χ1v) is 10.9. The Hall–Kier alpha value is -3.72. The smallest absolute Gasteiger partial charge is 0.259 e. The molecule has 0 bridgehead atoms. The number of hydrogen-bond acceptors (Lipinski definition) is 5. The van der Waals surface area contributed by atoms with E-state index in [1.54, 1.807) is 0 Å². The average molecular weight is 441 g/mol. The number of nitrogens with one attached hydrogen (secondary N) is 2. The van der Waals surface area contributed by atoms with Gasteiger partial charge in [0, 0.05) is 33.5 Å². The number of rotatable bonds is 1. The molecule has 0 aliphatic carbocycles. The fourth-order valence-corrected chi connectivity index (χ4v) is 5.51. The summed E-state index contributed by atoms with van der Waals surface area (Å²) in [5.41, 5.74) is 3.88. The standard InChI is InChI=1S/C25H19N3O5/c29-15-9-17(33-10-16(15)30)28-14-8-4-2-6-12(14)19-21-20(24(31)27-25(21)32)18-11-5-1-3-7-13(11)26-22(18)23(19)28/h1-8,15-17,26,29-30H,9-10H2,(H,27,31,32). The van der Waals surface area contributed by atoms with Crippen LogP contribution < -0.4 is 5.32 Å². The van der Waals surface area contributed by atoms with Crippen molar-refractivity contribution in [3.05, 3.63) is 59.7 Å². The molecule has 164 valence electrons. The number of para-hydroxylation sites is 2. The van der Waals surface area contributed by atoms with Crippen LogP contribution in [0, 0.1) is 0 Å². The maximum absolute atomic E-state index is 13.1. The Balaban J connectivity index is 1.73. The molecule has 0 radical (unpaired) electrons. The molecule has 33 heavy (non-hydrogen) atoms. The van der Waals surface area contributed by atoms with Crippen LogP contribution in [0.15, 0.2) is 48.5 Å². The van der Waals surface area contributed by atoms with E-state index in [1.165, 1.54) is 0 Å². The van der Waals surface area contributed by atoms with Crippen molar-refractivity contribution in [1.82, 2.24) is 14.9 Å². The van der Waals surface area contributed by atoms with Gasteiger partial charge in [0.25, 0.3) is 11.8 Å². The van der Waals surface area contributed by atoms with E-state index >= 15 is 0 Å². The summed E-state index contributed by atoms with van der Waals surface area (Å²) >= 11 is 0. The molecular formula is C25H19N3O5. The fourth-order valence-electron chi connectivity index (χ4n) is 5.51. The maximum atomic E-state index is 13.1.